The molecule has 3 rings (SSSR count). The van der Waals surface area contributed by atoms with Gasteiger partial charge in [0.25, 0.3) is 0 Å². The highest BCUT2D eigenvalue weighted by Crippen LogP contribution is 2.54. The van der Waals surface area contributed by atoms with E-state index in [0.29, 0.717) is 23.1 Å². The summed E-state index contributed by atoms with van der Waals surface area (Å²) in [6.45, 7) is 1.36. The molecule has 1 amide bonds. The molecule has 1 aliphatic carbocycles. The van der Waals surface area contributed by atoms with Crippen LogP contribution in [0.25, 0.3) is 0 Å². The number of likely N-dealkylation sites (tertiary alicyclic amines) is 1. The summed E-state index contributed by atoms with van der Waals surface area (Å²) in [7, 11) is 1.84. The molecule has 0 radical (unpaired) electrons. The SMILES string of the molecule is CN(CC(=O)O)C1CCCN(C(=O)C2(c3c(Cl)cccc3Cl)CC2)CC1. The summed E-state index contributed by atoms with van der Waals surface area (Å²) < 4.78 is 0. The highest BCUT2D eigenvalue weighted by atomic mass is 35.5. The van der Waals surface area contributed by atoms with Gasteiger partial charge in [0.05, 0.1) is 12.0 Å². The van der Waals surface area contributed by atoms with Gasteiger partial charge >= 0.3 is 5.97 Å². The first kappa shape index (κ1) is 19.5. The lowest BCUT2D eigenvalue weighted by molar-refractivity contribution is -0.138. The number of aliphatic carboxylic acids is 1. The van der Waals surface area contributed by atoms with Gasteiger partial charge in [-0.1, -0.05) is 29.3 Å². The maximum Gasteiger partial charge on any atom is 0.317 e. The standard InChI is InChI=1S/C19H24Cl2N2O3/c1-22(12-16(24)25)13-4-3-10-23(11-7-13)18(26)19(8-9-19)17-14(20)5-2-6-15(17)21/h2,5-6,13H,3-4,7-12H2,1H3,(H,24,25). The second-order valence-electron chi connectivity index (χ2n) is 7.36. The fraction of sp³-hybridized carbons (Fsp3) is 0.579. The van der Waals surface area contributed by atoms with Gasteiger partial charge in [-0.2, -0.15) is 0 Å². The van der Waals surface area contributed by atoms with Gasteiger partial charge in [0.15, 0.2) is 0 Å². The molecule has 1 unspecified atom stereocenters. The van der Waals surface area contributed by atoms with Crippen LogP contribution in [-0.4, -0.2) is 59.5 Å². The molecular weight excluding hydrogens is 375 g/mol. The summed E-state index contributed by atoms with van der Waals surface area (Å²) in [6.07, 6.45) is 4.09. The number of carboxylic acid groups (broad SMARTS) is 1. The Balaban J connectivity index is 1.72. The van der Waals surface area contributed by atoms with Crippen LogP contribution in [0.4, 0.5) is 0 Å². The van der Waals surface area contributed by atoms with Crippen molar-refractivity contribution in [3.8, 4) is 0 Å². The van der Waals surface area contributed by atoms with E-state index in [1.807, 2.05) is 16.8 Å². The van der Waals surface area contributed by atoms with Crippen LogP contribution in [-0.2, 0) is 15.0 Å². The van der Waals surface area contributed by atoms with E-state index >= 15 is 0 Å². The largest absolute Gasteiger partial charge is 0.480 e. The van der Waals surface area contributed by atoms with Crippen molar-refractivity contribution in [2.24, 2.45) is 0 Å². The van der Waals surface area contributed by atoms with Crippen molar-refractivity contribution < 1.29 is 14.7 Å². The lowest BCUT2D eigenvalue weighted by Gasteiger charge is -2.28. The molecule has 1 heterocycles. The van der Waals surface area contributed by atoms with Crippen molar-refractivity contribution in [3.05, 3.63) is 33.8 Å². The van der Waals surface area contributed by atoms with Crippen LogP contribution in [0.5, 0.6) is 0 Å². The maximum absolute atomic E-state index is 13.3. The summed E-state index contributed by atoms with van der Waals surface area (Å²) >= 11 is 12.7. The molecule has 0 spiro atoms. The Kier molecular flexibility index (Phi) is 5.80. The lowest BCUT2D eigenvalue weighted by Crippen LogP contribution is -2.41. The number of halogens is 2. The zero-order valence-electron chi connectivity index (χ0n) is 14.9. The van der Waals surface area contributed by atoms with E-state index in [0.717, 1.165) is 37.7 Å². The molecule has 1 aromatic carbocycles. The van der Waals surface area contributed by atoms with E-state index in [-0.39, 0.29) is 18.5 Å². The van der Waals surface area contributed by atoms with Gasteiger partial charge < -0.3 is 10.0 Å². The van der Waals surface area contributed by atoms with Gasteiger partial charge in [-0.3, -0.25) is 14.5 Å². The van der Waals surface area contributed by atoms with Gasteiger partial charge in [0.1, 0.15) is 0 Å². The summed E-state index contributed by atoms with van der Waals surface area (Å²) in [5.74, 6) is -0.719. The monoisotopic (exact) mass is 398 g/mol. The summed E-state index contributed by atoms with van der Waals surface area (Å²) in [5.41, 5.74) is 0.180. The fourth-order valence-corrected chi connectivity index (χ4v) is 4.78. The molecule has 1 aromatic rings. The molecular formula is C19H24Cl2N2O3. The number of benzene rings is 1. The molecule has 1 saturated heterocycles. The average molecular weight is 399 g/mol. The molecule has 1 atom stereocenters. The van der Waals surface area contributed by atoms with Crippen LogP contribution in [0.3, 0.4) is 0 Å². The normalized spacial score (nSPS) is 22.2. The topological polar surface area (TPSA) is 60.9 Å². The summed E-state index contributed by atoms with van der Waals surface area (Å²) in [4.78, 5) is 28.0. The number of amides is 1. The van der Waals surface area contributed by atoms with E-state index in [9.17, 15) is 9.59 Å². The van der Waals surface area contributed by atoms with E-state index in [1.165, 1.54) is 0 Å². The number of hydrogen-bond acceptors (Lipinski definition) is 3. The number of likely N-dealkylation sites (N-methyl/N-ethyl adjacent to an activating group) is 1. The van der Waals surface area contributed by atoms with Crippen LogP contribution >= 0.6 is 23.2 Å². The summed E-state index contributed by atoms with van der Waals surface area (Å²) in [5, 5.41) is 10.1. The molecule has 26 heavy (non-hydrogen) atoms. The Hall–Kier alpha value is -1.30. The van der Waals surface area contributed by atoms with Gasteiger partial charge in [-0.25, -0.2) is 0 Å². The minimum Gasteiger partial charge on any atom is -0.480 e. The van der Waals surface area contributed by atoms with E-state index in [1.54, 1.807) is 18.2 Å². The Morgan fingerprint density at radius 2 is 1.88 bits per heavy atom. The van der Waals surface area contributed by atoms with Gasteiger partial charge in [0, 0.05) is 34.7 Å². The van der Waals surface area contributed by atoms with Crippen molar-refractivity contribution >= 4 is 35.1 Å². The lowest BCUT2D eigenvalue weighted by atomic mass is 9.94. The highest BCUT2D eigenvalue weighted by Gasteiger charge is 2.55. The Morgan fingerprint density at radius 1 is 1.23 bits per heavy atom. The molecule has 1 N–H and O–H groups in total. The van der Waals surface area contributed by atoms with E-state index in [4.69, 9.17) is 28.3 Å². The Labute approximate surface area is 163 Å². The molecule has 2 aliphatic rings. The van der Waals surface area contributed by atoms with Crippen molar-refractivity contribution in [1.82, 2.24) is 9.80 Å². The van der Waals surface area contributed by atoms with Crippen molar-refractivity contribution in [2.45, 2.75) is 43.6 Å². The predicted molar refractivity (Wildman–Crippen MR) is 102 cm³/mol. The van der Waals surface area contributed by atoms with Gasteiger partial charge in [-0.05, 0) is 51.3 Å². The minimum atomic E-state index is -0.824. The number of nitrogens with zero attached hydrogens (tertiary/aromatic N) is 2. The van der Waals surface area contributed by atoms with Crippen LogP contribution in [0.2, 0.25) is 10.0 Å². The quantitative estimate of drug-likeness (QED) is 0.824. The van der Waals surface area contributed by atoms with Gasteiger partial charge in [0.2, 0.25) is 5.91 Å². The average Bonchev–Trinajstić information content (AvgIpc) is 3.37. The number of carbonyl (C=O) groups is 2. The highest BCUT2D eigenvalue weighted by molar-refractivity contribution is 6.36. The second kappa shape index (κ2) is 7.75. The molecule has 0 aromatic heterocycles. The molecule has 2 fully saturated rings. The minimum absolute atomic E-state index is 0.0256. The maximum atomic E-state index is 13.3. The number of carboxylic acids is 1. The number of hydrogen-bond donors (Lipinski definition) is 1. The molecule has 0 bridgehead atoms. The number of rotatable bonds is 5. The van der Waals surface area contributed by atoms with Crippen LogP contribution in [0.1, 0.15) is 37.7 Å². The molecule has 1 saturated carbocycles. The van der Waals surface area contributed by atoms with Crippen LogP contribution in [0.15, 0.2) is 18.2 Å². The smallest absolute Gasteiger partial charge is 0.317 e. The molecule has 7 heteroatoms. The zero-order valence-corrected chi connectivity index (χ0v) is 16.4. The zero-order chi connectivity index (χ0) is 18.9. The van der Waals surface area contributed by atoms with E-state index < -0.39 is 11.4 Å². The molecule has 5 nitrogen and oxygen atoms in total. The Morgan fingerprint density at radius 3 is 2.46 bits per heavy atom. The van der Waals surface area contributed by atoms with Crippen molar-refractivity contribution in [3.63, 3.8) is 0 Å². The van der Waals surface area contributed by atoms with Crippen LogP contribution < -0.4 is 0 Å². The van der Waals surface area contributed by atoms with Crippen molar-refractivity contribution in [2.75, 3.05) is 26.7 Å². The summed E-state index contributed by atoms with van der Waals surface area (Å²) in [6, 6.07) is 5.55. The first-order valence-corrected chi connectivity index (χ1v) is 9.76. The number of carbonyl (C=O) groups excluding carboxylic acids is 1. The first-order chi connectivity index (χ1) is 12.3. The van der Waals surface area contributed by atoms with Gasteiger partial charge in [-0.15, -0.1) is 0 Å². The molecule has 1 aliphatic heterocycles. The second-order valence-corrected chi connectivity index (χ2v) is 8.18. The van der Waals surface area contributed by atoms with Crippen molar-refractivity contribution in [1.29, 1.82) is 0 Å². The third kappa shape index (κ3) is 3.85. The fourth-order valence-electron chi connectivity index (χ4n) is 4.02. The Bertz CT molecular complexity index is 686. The third-order valence-electron chi connectivity index (χ3n) is 5.59. The van der Waals surface area contributed by atoms with E-state index in [2.05, 4.69) is 0 Å². The van der Waals surface area contributed by atoms with Crippen LogP contribution in [0, 0.1) is 0 Å². The predicted octanol–water partition coefficient (Wildman–Crippen LogP) is 3.42. The third-order valence-corrected chi connectivity index (χ3v) is 6.22. The molecule has 142 valence electrons. The first-order valence-electron chi connectivity index (χ1n) is 9.01.